The van der Waals surface area contributed by atoms with Crippen LogP contribution in [-0.4, -0.2) is 46.1 Å². The molecule has 0 aromatic heterocycles. The minimum absolute atomic E-state index is 0.297. The minimum atomic E-state index is -1.16. The average Bonchev–Trinajstić information content (AvgIpc) is 2.66. The molecule has 4 atom stereocenters. The van der Waals surface area contributed by atoms with Crippen LogP contribution in [0, 0.1) is 0 Å². The maximum absolute atomic E-state index is 11.1. The van der Waals surface area contributed by atoms with Crippen molar-refractivity contribution in [3.63, 3.8) is 0 Å². The number of nitrogens with two attached hydrogens (primary N) is 1. The zero-order valence-corrected chi connectivity index (χ0v) is 9.56. The number of aliphatic hydroxyl groups is 3. The Morgan fingerprint density at radius 3 is 2.61 bits per heavy atom. The molecule has 0 saturated carbocycles. The zero-order valence-electron chi connectivity index (χ0n) is 9.56. The molecule has 0 unspecified atom stereocenters. The maximum atomic E-state index is 11.1. The highest BCUT2D eigenvalue weighted by Gasteiger charge is 2.42. The van der Waals surface area contributed by atoms with E-state index >= 15 is 0 Å². The van der Waals surface area contributed by atoms with Gasteiger partial charge in [-0.15, -0.1) is 0 Å². The minimum Gasteiger partial charge on any atom is -0.394 e. The number of carbonyl (C=O) groups is 1. The van der Waals surface area contributed by atoms with Crippen LogP contribution in [0.4, 0.5) is 0 Å². The summed E-state index contributed by atoms with van der Waals surface area (Å²) in [4.78, 5) is 11.1. The summed E-state index contributed by atoms with van der Waals surface area (Å²) in [5, 5.41) is 28.5. The monoisotopic (exact) mass is 253 g/mol. The van der Waals surface area contributed by atoms with Crippen LogP contribution < -0.4 is 5.73 Å². The predicted molar refractivity (Wildman–Crippen MR) is 61.7 cm³/mol. The second kappa shape index (κ2) is 5.03. The highest BCUT2D eigenvalue weighted by Crippen LogP contribution is 2.33. The van der Waals surface area contributed by atoms with Crippen LogP contribution in [-0.2, 0) is 4.74 Å². The van der Waals surface area contributed by atoms with E-state index in [2.05, 4.69) is 0 Å². The van der Waals surface area contributed by atoms with Crippen molar-refractivity contribution in [2.45, 2.75) is 24.4 Å². The lowest BCUT2D eigenvalue weighted by Gasteiger charge is -2.15. The summed E-state index contributed by atoms with van der Waals surface area (Å²) >= 11 is 0. The third-order valence-electron chi connectivity index (χ3n) is 3.04. The number of rotatable bonds is 3. The molecular formula is C12H15NO5. The van der Waals surface area contributed by atoms with Gasteiger partial charge in [0, 0.05) is 5.56 Å². The van der Waals surface area contributed by atoms with Gasteiger partial charge in [0.05, 0.1) is 6.61 Å². The molecule has 1 aromatic carbocycles. The largest absolute Gasteiger partial charge is 0.394 e. The third kappa shape index (κ3) is 2.23. The molecule has 1 heterocycles. The van der Waals surface area contributed by atoms with Gasteiger partial charge in [0.2, 0.25) is 5.91 Å². The fraction of sp³-hybridized carbons (Fsp3) is 0.417. The van der Waals surface area contributed by atoms with E-state index < -0.39 is 30.3 Å². The number of carbonyl (C=O) groups excluding carboxylic acids is 1. The van der Waals surface area contributed by atoms with Gasteiger partial charge in [-0.25, -0.2) is 0 Å². The molecule has 1 saturated heterocycles. The molecule has 18 heavy (non-hydrogen) atoms. The smallest absolute Gasteiger partial charge is 0.248 e. The SMILES string of the molecule is NC(=O)c1cccc([C@H]2O[C@@H](CO)[C@@H](O)[C@H]2O)c1. The number of hydrogen-bond donors (Lipinski definition) is 4. The van der Waals surface area contributed by atoms with Gasteiger partial charge in [0.15, 0.2) is 0 Å². The summed E-state index contributed by atoms with van der Waals surface area (Å²) in [5.41, 5.74) is 6.00. The van der Waals surface area contributed by atoms with E-state index in [1.54, 1.807) is 18.2 Å². The summed E-state index contributed by atoms with van der Waals surface area (Å²) in [5.74, 6) is -0.580. The van der Waals surface area contributed by atoms with Gasteiger partial charge < -0.3 is 25.8 Å². The van der Waals surface area contributed by atoms with Gasteiger partial charge in [-0.1, -0.05) is 12.1 Å². The van der Waals surface area contributed by atoms with E-state index in [0.717, 1.165) is 0 Å². The van der Waals surface area contributed by atoms with Crippen LogP contribution in [0.2, 0.25) is 0 Å². The summed E-state index contributed by atoms with van der Waals surface area (Å²) < 4.78 is 5.35. The molecule has 6 heteroatoms. The van der Waals surface area contributed by atoms with Gasteiger partial charge in [0.25, 0.3) is 0 Å². The Balaban J connectivity index is 2.27. The van der Waals surface area contributed by atoms with Crippen molar-refractivity contribution < 1.29 is 24.9 Å². The second-order valence-electron chi connectivity index (χ2n) is 4.25. The summed E-state index contributed by atoms with van der Waals surface area (Å²) in [6.45, 7) is -0.385. The highest BCUT2D eigenvalue weighted by molar-refractivity contribution is 5.92. The Bertz CT molecular complexity index is 450. The van der Waals surface area contributed by atoms with Crippen LogP contribution in [0.5, 0.6) is 0 Å². The van der Waals surface area contributed by atoms with Crippen molar-refractivity contribution in [1.29, 1.82) is 0 Å². The first-order chi connectivity index (χ1) is 8.54. The lowest BCUT2D eigenvalue weighted by molar-refractivity contribution is -0.0227. The van der Waals surface area contributed by atoms with Crippen molar-refractivity contribution >= 4 is 5.91 Å². The number of amides is 1. The summed E-state index contributed by atoms with van der Waals surface area (Å²) in [7, 11) is 0. The molecular weight excluding hydrogens is 238 g/mol. The fourth-order valence-electron chi connectivity index (χ4n) is 2.04. The predicted octanol–water partition coefficient (Wildman–Crippen LogP) is -1.06. The lowest BCUT2D eigenvalue weighted by atomic mass is 10.00. The van der Waals surface area contributed by atoms with E-state index in [1.807, 2.05) is 0 Å². The third-order valence-corrected chi connectivity index (χ3v) is 3.04. The van der Waals surface area contributed by atoms with E-state index in [-0.39, 0.29) is 6.61 Å². The van der Waals surface area contributed by atoms with Crippen LogP contribution in [0.25, 0.3) is 0 Å². The van der Waals surface area contributed by atoms with Crippen molar-refractivity contribution in [3.05, 3.63) is 35.4 Å². The first-order valence-electron chi connectivity index (χ1n) is 5.57. The van der Waals surface area contributed by atoms with Crippen molar-refractivity contribution in [1.82, 2.24) is 0 Å². The van der Waals surface area contributed by atoms with Crippen LogP contribution >= 0.6 is 0 Å². The molecule has 0 radical (unpaired) electrons. The number of aliphatic hydroxyl groups excluding tert-OH is 3. The second-order valence-corrected chi connectivity index (χ2v) is 4.25. The molecule has 0 spiro atoms. The number of ether oxygens (including phenoxy) is 1. The van der Waals surface area contributed by atoms with E-state index in [1.165, 1.54) is 6.07 Å². The zero-order chi connectivity index (χ0) is 13.3. The average molecular weight is 253 g/mol. The molecule has 1 fully saturated rings. The van der Waals surface area contributed by atoms with Crippen molar-refractivity contribution in [2.75, 3.05) is 6.61 Å². The standard InChI is InChI=1S/C12H15NO5/c13-12(17)7-3-1-2-6(4-7)11-10(16)9(15)8(5-14)18-11/h1-4,8-11,14-16H,5H2,(H2,13,17)/t8-,9+,10+,11+/m0/s1. The lowest BCUT2D eigenvalue weighted by Crippen LogP contribution is -2.32. The summed E-state index contributed by atoms with van der Waals surface area (Å²) in [6.07, 6.45) is -3.92. The molecule has 2 rings (SSSR count). The van der Waals surface area contributed by atoms with Crippen molar-refractivity contribution in [3.8, 4) is 0 Å². The van der Waals surface area contributed by atoms with Crippen LogP contribution in [0.3, 0.4) is 0 Å². The van der Waals surface area contributed by atoms with Gasteiger partial charge in [0.1, 0.15) is 24.4 Å². The van der Waals surface area contributed by atoms with Crippen LogP contribution in [0.1, 0.15) is 22.0 Å². The molecule has 98 valence electrons. The number of benzene rings is 1. The molecule has 1 aliphatic heterocycles. The normalized spacial score (nSPS) is 31.5. The van der Waals surface area contributed by atoms with Gasteiger partial charge in [-0.05, 0) is 17.7 Å². The first-order valence-corrected chi connectivity index (χ1v) is 5.57. The Morgan fingerprint density at radius 2 is 2.06 bits per heavy atom. The molecule has 6 nitrogen and oxygen atoms in total. The topological polar surface area (TPSA) is 113 Å². The Labute approximate surface area is 104 Å². The molecule has 0 aliphatic carbocycles. The number of primary amides is 1. The van der Waals surface area contributed by atoms with Crippen LogP contribution in [0.15, 0.2) is 24.3 Å². The molecule has 0 bridgehead atoms. The van der Waals surface area contributed by atoms with Crippen molar-refractivity contribution in [2.24, 2.45) is 5.73 Å². The molecule has 1 aliphatic rings. The highest BCUT2D eigenvalue weighted by atomic mass is 16.6. The Hall–Kier alpha value is -1.47. The van der Waals surface area contributed by atoms with Gasteiger partial charge in [-0.2, -0.15) is 0 Å². The maximum Gasteiger partial charge on any atom is 0.248 e. The van der Waals surface area contributed by atoms with E-state index in [4.69, 9.17) is 15.6 Å². The number of hydrogen-bond acceptors (Lipinski definition) is 5. The first kappa shape index (κ1) is 13.0. The van der Waals surface area contributed by atoms with E-state index in [0.29, 0.717) is 11.1 Å². The van der Waals surface area contributed by atoms with E-state index in [9.17, 15) is 15.0 Å². The molecule has 5 N–H and O–H groups in total. The molecule has 1 amide bonds. The molecule has 1 aromatic rings. The fourth-order valence-corrected chi connectivity index (χ4v) is 2.04. The van der Waals surface area contributed by atoms with Gasteiger partial charge in [-0.3, -0.25) is 4.79 Å². The Kier molecular flexibility index (Phi) is 3.63. The summed E-state index contributed by atoms with van der Waals surface area (Å²) in [6, 6.07) is 6.33. The quantitative estimate of drug-likeness (QED) is 0.548. The van der Waals surface area contributed by atoms with Gasteiger partial charge >= 0.3 is 0 Å². The Morgan fingerprint density at radius 1 is 1.33 bits per heavy atom.